The van der Waals surface area contributed by atoms with Crippen molar-refractivity contribution in [2.24, 2.45) is 11.7 Å². The number of halogens is 1. The second-order valence-corrected chi connectivity index (χ2v) is 6.35. The van der Waals surface area contributed by atoms with Crippen molar-refractivity contribution >= 4 is 12.4 Å². The summed E-state index contributed by atoms with van der Waals surface area (Å²) < 4.78 is 5.39. The highest BCUT2D eigenvalue weighted by molar-refractivity contribution is 5.85. The molecule has 1 aromatic carbocycles. The molecule has 0 radical (unpaired) electrons. The van der Waals surface area contributed by atoms with Gasteiger partial charge in [0, 0.05) is 19.3 Å². The normalized spacial score (nSPS) is 18.7. The van der Waals surface area contributed by atoms with Gasteiger partial charge in [0.1, 0.15) is 0 Å². The zero-order chi connectivity index (χ0) is 13.2. The molecule has 0 aromatic heterocycles. The van der Waals surface area contributed by atoms with Crippen LogP contribution in [0.25, 0.3) is 0 Å². The molecule has 2 N–H and O–H groups in total. The van der Waals surface area contributed by atoms with Crippen molar-refractivity contribution in [3.05, 3.63) is 35.4 Å². The van der Waals surface area contributed by atoms with Crippen molar-refractivity contribution in [2.45, 2.75) is 45.1 Å². The highest BCUT2D eigenvalue weighted by Crippen LogP contribution is 2.29. The van der Waals surface area contributed by atoms with E-state index in [4.69, 9.17) is 10.5 Å². The highest BCUT2D eigenvalue weighted by Gasteiger charge is 2.22. The first kappa shape index (κ1) is 16.5. The standard InChI is InChI=1S/C16H25NO.ClH/c1-16(2,3)14-6-4-12(5-7-14)15(17)13-8-10-18-11-9-13;/h4-7,13,15H,8-11,17H2,1-3H3;1H/t15-;/m1./s1. The molecule has 108 valence electrons. The third kappa shape index (κ3) is 4.20. The number of rotatable bonds is 2. The predicted molar refractivity (Wildman–Crippen MR) is 82.9 cm³/mol. The molecule has 0 unspecified atom stereocenters. The lowest BCUT2D eigenvalue weighted by molar-refractivity contribution is 0.0584. The molecular weight excluding hydrogens is 258 g/mol. The fraction of sp³-hybridized carbons (Fsp3) is 0.625. The average Bonchev–Trinajstić information content (AvgIpc) is 2.38. The Hall–Kier alpha value is -0.570. The monoisotopic (exact) mass is 283 g/mol. The first-order chi connectivity index (χ1) is 8.48. The van der Waals surface area contributed by atoms with Gasteiger partial charge in [0.25, 0.3) is 0 Å². The minimum absolute atomic E-state index is 0. The van der Waals surface area contributed by atoms with Gasteiger partial charge in [-0.3, -0.25) is 0 Å². The Morgan fingerprint density at radius 3 is 2.11 bits per heavy atom. The summed E-state index contributed by atoms with van der Waals surface area (Å²) in [5.74, 6) is 0.569. The number of ether oxygens (including phenoxy) is 1. The number of benzene rings is 1. The fourth-order valence-corrected chi connectivity index (χ4v) is 2.55. The molecule has 1 atom stereocenters. The summed E-state index contributed by atoms with van der Waals surface area (Å²) in [6.07, 6.45) is 2.17. The van der Waals surface area contributed by atoms with Crippen molar-refractivity contribution in [1.29, 1.82) is 0 Å². The van der Waals surface area contributed by atoms with E-state index in [2.05, 4.69) is 45.0 Å². The van der Waals surface area contributed by atoms with Gasteiger partial charge in [0.2, 0.25) is 0 Å². The molecule has 19 heavy (non-hydrogen) atoms. The summed E-state index contributed by atoms with van der Waals surface area (Å²) in [7, 11) is 0. The van der Waals surface area contributed by atoms with Crippen LogP contribution in [0.1, 0.15) is 50.8 Å². The van der Waals surface area contributed by atoms with Crippen LogP contribution in [0.2, 0.25) is 0 Å². The lowest BCUT2D eigenvalue weighted by atomic mass is 9.84. The largest absolute Gasteiger partial charge is 0.381 e. The van der Waals surface area contributed by atoms with Gasteiger partial charge in [0.15, 0.2) is 0 Å². The van der Waals surface area contributed by atoms with Gasteiger partial charge < -0.3 is 10.5 Å². The van der Waals surface area contributed by atoms with E-state index in [9.17, 15) is 0 Å². The van der Waals surface area contributed by atoms with Crippen LogP contribution in [-0.2, 0) is 10.2 Å². The van der Waals surface area contributed by atoms with Gasteiger partial charge in [-0.2, -0.15) is 0 Å². The topological polar surface area (TPSA) is 35.2 Å². The molecule has 1 saturated heterocycles. The van der Waals surface area contributed by atoms with Crippen molar-refractivity contribution in [1.82, 2.24) is 0 Å². The Morgan fingerprint density at radius 1 is 1.11 bits per heavy atom. The minimum Gasteiger partial charge on any atom is -0.381 e. The van der Waals surface area contributed by atoms with E-state index in [0.29, 0.717) is 5.92 Å². The van der Waals surface area contributed by atoms with Crippen LogP contribution in [0.3, 0.4) is 0 Å². The molecule has 1 aliphatic rings. The highest BCUT2D eigenvalue weighted by atomic mass is 35.5. The maximum atomic E-state index is 6.37. The van der Waals surface area contributed by atoms with Gasteiger partial charge in [0.05, 0.1) is 0 Å². The molecule has 2 nitrogen and oxygen atoms in total. The molecule has 0 amide bonds. The van der Waals surface area contributed by atoms with Crippen LogP contribution in [0.5, 0.6) is 0 Å². The second kappa shape index (κ2) is 6.74. The van der Waals surface area contributed by atoms with E-state index in [1.54, 1.807) is 0 Å². The third-order valence-electron chi connectivity index (χ3n) is 3.94. The van der Waals surface area contributed by atoms with Crippen LogP contribution in [0.4, 0.5) is 0 Å². The van der Waals surface area contributed by atoms with Crippen LogP contribution in [-0.4, -0.2) is 13.2 Å². The van der Waals surface area contributed by atoms with E-state index in [0.717, 1.165) is 26.1 Å². The lowest BCUT2D eigenvalue weighted by Gasteiger charge is -2.28. The molecular formula is C16H26ClNO. The Balaban J connectivity index is 0.00000180. The summed E-state index contributed by atoms with van der Waals surface area (Å²) in [5, 5.41) is 0. The van der Waals surface area contributed by atoms with Gasteiger partial charge in [-0.25, -0.2) is 0 Å². The minimum atomic E-state index is 0. The summed E-state index contributed by atoms with van der Waals surface area (Å²) >= 11 is 0. The van der Waals surface area contributed by atoms with Crippen LogP contribution in [0.15, 0.2) is 24.3 Å². The van der Waals surface area contributed by atoms with E-state index in [-0.39, 0.29) is 23.9 Å². The zero-order valence-corrected chi connectivity index (χ0v) is 13.0. The summed E-state index contributed by atoms with van der Waals surface area (Å²) in [4.78, 5) is 0. The van der Waals surface area contributed by atoms with Gasteiger partial charge in [-0.1, -0.05) is 45.0 Å². The van der Waals surface area contributed by atoms with Crippen molar-refractivity contribution < 1.29 is 4.74 Å². The Labute approximate surface area is 123 Å². The molecule has 1 aliphatic heterocycles. The average molecular weight is 284 g/mol. The maximum Gasteiger partial charge on any atom is 0.0469 e. The van der Waals surface area contributed by atoms with Gasteiger partial charge in [-0.15, -0.1) is 12.4 Å². The van der Waals surface area contributed by atoms with E-state index in [1.165, 1.54) is 11.1 Å². The summed E-state index contributed by atoms with van der Waals surface area (Å²) in [5.41, 5.74) is 9.21. The molecule has 3 heteroatoms. The summed E-state index contributed by atoms with van der Waals surface area (Å²) in [6.45, 7) is 8.43. The molecule has 0 bridgehead atoms. The Morgan fingerprint density at radius 2 is 1.63 bits per heavy atom. The van der Waals surface area contributed by atoms with E-state index >= 15 is 0 Å². The quantitative estimate of drug-likeness (QED) is 0.895. The second-order valence-electron chi connectivity index (χ2n) is 6.35. The van der Waals surface area contributed by atoms with E-state index < -0.39 is 0 Å². The molecule has 1 aromatic rings. The lowest BCUT2D eigenvalue weighted by Crippen LogP contribution is -2.27. The van der Waals surface area contributed by atoms with Crippen molar-refractivity contribution in [3.63, 3.8) is 0 Å². The Kier molecular flexibility index (Phi) is 5.84. The Bertz CT molecular complexity index is 377. The smallest absolute Gasteiger partial charge is 0.0469 e. The SMILES string of the molecule is CC(C)(C)c1ccc([C@@H](N)C2CCOCC2)cc1.Cl. The van der Waals surface area contributed by atoms with Crippen LogP contribution in [0, 0.1) is 5.92 Å². The molecule has 0 spiro atoms. The van der Waals surface area contributed by atoms with Crippen LogP contribution >= 0.6 is 12.4 Å². The molecule has 0 saturated carbocycles. The molecule has 1 heterocycles. The first-order valence-corrected chi connectivity index (χ1v) is 6.92. The van der Waals surface area contributed by atoms with Gasteiger partial charge >= 0.3 is 0 Å². The van der Waals surface area contributed by atoms with E-state index in [1.807, 2.05) is 0 Å². The first-order valence-electron chi connectivity index (χ1n) is 6.92. The number of hydrogen-bond acceptors (Lipinski definition) is 2. The fourth-order valence-electron chi connectivity index (χ4n) is 2.55. The van der Waals surface area contributed by atoms with Crippen LogP contribution < -0.4 is 5.73 Å². The molecule has 0 aliphatic carbocycles. The van der Waals surface area contributed by atoms with Crippen molar-refractivity contribution in [2.75, 3.05) is 13.2 Å². The molecule has 2 rings (SSSR count). The molecule has 1 fully saturated rings. The van der Waals surface area contributed by atoms with Gasteiger partial charge in [-0.05, 0) is 35.3 Å². The van der Waals surface area contributed by atoms with Crippen molar-refractivity contribution in [3.8, 4) is 0 Å². The number of nitrogens with two attached hydrogens (primary N) is 1. The predicted octanol–water partition coefficient (Wildman–Crippen LogP) is 3.83. The summed E-state index contributed by atoms with van der Waals surface area (Å²) in [6, 6.07) is 8.98. The number of hydrogen-bond donors (Lipinski definition) is 1. The maximum absolute atomic E-state index is 6.37. The zero-order valence-electron chi connectivity index (χ0n) is 12.2. The third-order valence-corrected chi connectivity index (χ3v) is 3.94.